The van der Waals surface area contributed by atoms with E-state index < -0.39 is 9.84 Å². The molecule has 0 aliphatic rings. The molecule has 0 radical (unpaired) electrons. The molecule has 0 heterocycles. The molecule has 21 heavy (non-hydrogen) atoms. The van der Waals surface area contributed by atoms with Gasteiger partial charge in [0.05, 0.1) is 11.5 Å². The molecule has 1 aromatic carbocycles. The molecule has 1 amide bonds. The molecule has 0 aromatic heterocycles. The summed E-state index contributed by atoms with van der Waals surface area (Å²) in [6, 6.07) is 5.98. The second-order valence-electron chi connectivity index (χ2n) is 4.99. The van der Waals surface area contributed by atoms with Gasteiger partial charge in [-0.15, -0.1) is 0 Å². The lowest BCUT2D eigenvalue weighted by Crippen LogP contribution is -2.41. The summed E-state index contributed by atoms with van der Waals surface area (Å²) in [6.07, 6.45) is 2.75. The number of aliphatic hydroxyl groups excluding tert-OH is 1. The van der Waals surface area contributed by atoms with Crippen molar-refractivity contribution >= 4 is 15.7 Å². The van der Waals surface area contributed by atoms with Crippen LogP contribution >= 0.6 is 0 Å². The van der Waals surface area contributed by atoms with Gasteiger partial charge in [-0.25, -0.2) is 8.42 Å². The van der Waals surface area contributed by atoms with E-state index >= 15 is 0 Å². The fraction of sp³-hybridized carbons (Fsp3) is 0.533. The molecule has 1 N–H and O–H groups in total. The summed E-state index contributed by atoms with van der Waals surface area (Å²) in [5, 5.41) is 9.15. The number of aliphatic hydroxyl groups is 1. The molecular formula is C15H23NO4S. The van der Waals surface area contributed by atoms with Crippen LogP contribution in [0.15, 0.2) is 29.2 Å². The van der Waals surface area contributed by atoms with Crippen molar-refractivity contribution in [3.8, 4) is 0 Å². The van der Waals surface area contributed by atoms with E-state index in [1.54, 1.807) is 4.90 Å². The lowest BCUT2D eigenvalue weighted by Gasteiger charge is -2.30. The van der Waals surface area contributed by atoms with E-state index in [2.05, 4.69) is 0 Å². The highest BCUT2D eigenvalue weighted by Gasteiger charge is 2.22. The highest BCUT2D eigenvalue weighted by atomic mass is 32.2. The Morgan fingerprint density at radius 1 is 1.19 bits per heavy atom. The first-order chi connectivity index (χ1) is 9.85. The van der Waals surface area contributed by atoms with Gasteiger partial charge >= 0.3 is 0 Å². The minimum atomic E-state index is -3.27. The normalized spacial score (nSPS) is 11.7. The maximum absolute atomic E-state index is 12.5. The number of carbonyl (C=O) groups excluding carboxylic acids is 1. The Bertz CT molecular complexity index is 562. The standard InChI is InChI=1S/C15H23NO4S/c1-4-13(5-2)16(10-11-17)15(18)12-6-8-14(9-7-12)21(3,19)20/h6-9,13,17H,4-5,10-11H2,1-3H3. The van der Waals surface area contributed by atoms with Crippen molar-refractivity contribution in [3.05, 3.63) is 29.8 Å². The minimum Gasteiger partial charge on any atom is -0.395 e. The predicted molar refractivity (Wildman–Crippen MR) is 82.0 cm³/mol. The van der Waals surface area contributed by atoms with Crippen LogP contribution < -0.4 is 0 Å². The number of nitrogens with zero attached hydrogens (tertiary/aromatic N) is 1. The van der Waals surface area contributed by atoms with Crippen LogP contribution in [-0.2, 0) is 9.84 Å². The van der Waals surface area contributed by atoms with Crippen LogP contribution in [0, 0.1) is 0 Å². The zero-order chi connectivity index (χ0) is 16.0. The Balaban J connectivity index is 3.04. The molecule has 0 saturated heterocycles. The Kier molecular flexibility index (Phi) is 6.36. The van der Waals surface area contributed by atoms with Crippen molar-refractivity contribution in [1.29, 1.82) is 0 Å². The smallest absolute Gasteiger partial charge is 0.254 e. The summed E-state index contributed by atoms with van der Waals surface area (Å²) < 4.78 is 22.8. The zero-order valence-corrected chi connectivity index (χ0v) is 13.6. The van der Waals surface area contributed by atoms with Crippen LogP contribution in [0.5, 0.6) is 0 Å². The second kappa shape index (κ2) is 7.56. The van der Waals surface area contributed by atoms with Gasteiger partial charge < -0.3 is 10.0 Å². The van der Waals surface area contributed by atoms with Crippen LogP contribution in [-0.4, -0.2) is 49.8 Å². The molecule has 0 aliphatic heterocycles. The average molecular weight is 313 g/mol. The molecule has 5 nitrogen and oxygen atoms in total. The van der Waals surface area contributed by atoms with E-state index in [0.29, 0.717) is 5.56 Å². The van der Waals surface area contributed by atoms with Gasteiger partial charge in [-0.3, -0.25) is 4.79 Å². The highest BCUT2D eigenvalue weighted by molar-refractivity contribution is 7.90. The van der Waals surface area contributed by atoms with E-state index in [0.717, 1.165) is 19.1 Å². The van der Waals surface area contributed by atoms with Gasteiger partial charge in [0.2, 0.25) is 0 Å². The van der Waals surface area contributed by atoms with E-state index in [1.165, 1.54) is 24.3 Å². The predicted octanol–water partition coefficient (Wildman–Crippen LogP) is 1.71. The van der Waals surface area contributed by atoms with Crippen molar-refractivity contribution in [3.63, 3.8) is 0 Å². The summed E-state index contributed by atoms with van der Waals surface area (Å²) in [5.41, 5.74) is 0.433. The SMILES string of the molecule is CCC(CC)N(CCO)C(=O)c1ccc(S(C)(=O)=O)cc1. The highest BCUT2D eigenvalue weighted by Crippen LogP contribution is 2.16. The summed E-state index contributed by atoms with van der Waals surface area (Å²) in [4.78, 5) is 14.4. The van der Waals surface area contributed by atoms with Gasteiger partial charge in [-0.05, 0) is 37.1 Å². The largest absolute Gasteiger partial charge is 0.395 e. The fourth-order valence-corrected chi connectivity index (χ4v) is 2.93. The average Bonchev–Trinajstić information content (AvgIpc) is 2.46. The van der Waals surface area contributed by atoms with Crippen LogP contribution in [0.4, 0.5) is 0 Å². The van der Waals surface area contributed by atoms with Crippen LogP contribution in [0.25, 0.3) is 0 Å². The third-order valence-corrected chi connectivity index (χ3v) is 4.64. The molecular weight excluding hydrogens is 290 g/mol. The number of amides is 1. The number of carbonyl (C=O) groups is 1. The molecule has 6 heteroatoms. The molecule has 1 aromatic rings. The molecule has 0 spiro atoms. The Morgan fingerprint density at radius 3 is 2.10 bits per heavy atom. The van der Waals surface area contributed by atoms with E-state index in [1.807, 2.05) is 13.8 Å². The van der Waals surface area contributed by atoms with Gasteiger partial charge in [0, 0.05) is 24.4 Å². The van der Waals surface area contributed by atoms with Gasteiger partial charge in [0.1, 0.15) is 0 Å². The van der Waals surface area contributed by atoms with E-state index in [-0.39, 0.29) is 30.0 Å². The van der Waals surface area contributed by atoms with Gasteiger partial charge in [-0.1, -0.05) is 13.8 Å². The minimum absolute atomic E-state index is 0.0687. The van der Waals surface area contributed by atoms with E-state index in [4.69, 9.17) is 5.11 Å². The summed E-state index contributed by atoms with van der Waals surface area (Å²) in [5.74, 6) is -0.183. The lowest BCUT2D eigenvalue weighted by molar-refractivity contribution is 0.0622. The molecule has 0 bridgehead atoms. The molecule has 0 fully saturated rings. The maximum Gasteiger partial charge on any atom is 0.254 e. The monoisotopic (exact) mass is 313 g/mol. The van der Waals surface area contributed by atoms with Crippen molar-refractivity contribution in [2.75, 3.05) is 19.4 Å². The van der Waals surface area contributed by atoms with Gasteiger partial charge in [0.25, 0.3) is 5.91 Å². The van der Waals surface area contributed by atoms with Crippen LogP contribution in [0.2, 0.25) is 0 Å². The lowest BCUT2D eigenvalue weighted by atomic mass is 10.1. The van der Waals surface area contributed by atoms with Crippen LogP contribution in [0.3, 0.4) is 0 Å². The van der Waals surface area contributed by atoms with Crippen molar-refractivity contribution in [2.45, 2.75) is 37.6 Å². The first-order valence-corrected chi connectivity index (χ1v) is 8.96. The topological polar surface area (TPSA) is 74.7 Å². The summed E-state index contributed by atoms with van der Waals surface area (Å²) >= 11 is 0. The third-order valence-electron chi connectivity index (χ3n) is 3.51. The Labute approximate surface area is 126 Å². The third kappa shape index (κ3) is 4.54. The van der Waals surface area contributed by atoms with E-state index in [9.17, 15) is 13.2 Å². The molecule has 118 valence electrons. The Morgan fingerprint density at radius 2 is 1.71 bits per heavy atom. The molecule has 0 unspecified atom stereocenters. The zero-order valence-electron chi connectivity index (χ0n) is 12.7. The summed E-state index contributed by atoms with van der Waals surface area (Å²) in [7, 11) is -3.27. The van der Waals surface area contributed by atoms with Crippen molar-refractivity contribution in [1.82, 2.24) is 4.90 Å². The number of hydrogen-bond acceptors (Lipinski definition) is 4. The molecule has 0 saturated carbocycles. The number of hydrogen-bond donors (Lipinski definition) is 1. The Hall–Kier alpha value is -1.40. The number of rotatable bonds is 7. The molecule has 0 aliphatic carbocycles. The van der Waals surface area contributed by atoms with Crippen molar-refractivity contribution in [2.24, 2.45) is 0 Å². The van der Waals surface area contributed by atoms with Crippen molar-refractivity contribution < 1.29 is 18.3 Å². The number of sulfone groups is 1. The second-order valence-corrected chi connectivity index (χ2v) is 7.00. The summed E-state index contributed by atoms with van der Waals surface area (Å²) in [6.45, 7) is 4.18. The molecule has 0 atom stereocenters. The first-order valence-electron chi connectivity index (χ1n) is 7.07. The maximum atomic E-state index is 12.5. The molecule has 1 rings (SSSR count). The van der Waals surface area contributed by atoms with Gasteiger partial charge in [0.15, 0.2) is 9.84 Å². The van der Waals surface area contributed by atoms with Gasteiger partial charge in [-0.2, -0.15) is 0 Å². The first kappa shape index (κ1) is 17.7. The quantitative estimate of drug-likeness (QED) is 0.831. The number of benzene rings is 1. The van der Waals surface area contributed by atoms with Crippen LogP contribution in [0.1, 0.15) is 37.0 Å². The fourth-order valence-electron chi connectivity index (χ4n) is 2.30.